The van der Waals surface area contributed by atoms with Crippen LogP contribution >= 0.6 is 0 Å². The Labute approximate surface area is 152 Å². The van der Waals surface area contributed by atoms with E-state index in [1.54, 1.807) is 0 Å². The van der Waals surface area contributed by atoms with Crippen molar-refractivity contribution in [1.82, 2.24) is 0 Å². The van der Waals surface area contributed by atoms with Crippen LogP contribution in [0.1, 0.15) is 65.2 Å². The standard InChI is InChI=1S/C22H32O3/c1-3-4-7-16(2)21(23)13-12-18-10-11-19-14-17(15-20(18)19)8-5-6-9-22(24)25/h8,12-13,16,18-21,23H,5-7,9-11,14-15H2,1-2H3,(H,24,25)/b13-12+,17-8+/t16?,18-,19?,20-,21-/m1/s1. The molecule has 0 aromatic rings. The third kappa shape index (κ3) is 6.04. The van der Waals surface area contributed by atoms with Gasteiger partial charge >= 0.3 is 5.97 Å². The molecule has 5 atom stereocenters. The minimum absolute atomic E-state index is 0.175. The molecule has 0 aromatic heterocycles. The van der Waals surface area contributed by atoms with Crippen molar-refractivity contribution in [3.8, 4) is 11.8 Å². The number of aliphatic carboxylic acids is 1. The van der Waals surface area contributed by atoms with Gasteiger partial charge in [0.15, 0.2) is 0 Å². The lowest BCUT2D eigenvalue weighted by Gasteiger charge is -2.17. The predicted molar refractivity (Wildman–Crippen MR) is 101 cm³/mol. The average molecular weight is 344 g/mol. The number of hydrogen-bond acceptors (Lipinski definition) is 2. The van der Waals surface area contributed by atoms with Crippen LogP contribution in [-0.4, -0.2) is 22.3 Å². The van der Waals surface area contributed by atoms with Gasteiger partial charge in [0.2, 0.25) is 0 Å². The summed E-state index contributed by atoms with van der Waals surface area (Å²) >= 11 is 0. The van der Waals surface area contributed by atoms with Crippen LogP contribution in [0.25, 0.3) is 0 Å². The molecule has 0 saturated heterocycles. The first-order valence-electron chi connectivity index (χ1n) is 9.67. The number of aliphatic hydroxyl groups excluding tert-OH is 1. The highest BCUT2D eigenvalue weighted by Crippen LogP contribution is 2.50. The zero-order valence-electron chi connectivity index (χ0n) is 15.6. The molecule has 0 aromatic carbocycles. The van der Waals surface area contributed by atoms with Crippen molar-refractivity contribution in [1.29, 1.82) is 0 Å². The van der Waals surface area contributed by atoms with Crippen LogP contribution in [0, 0.1) is 35.5 Å². The summed E-state index contributed by atoms with van der Waals surface area (Å²) in [7, 11) is 0. The zero-order chi connectivity index (χ0) is 18.2. The van der Waals surface area contributed by atoms with E-state index in [1.165, 1.54) is 24.8 Å². The fraction of sp³-hybridized carbons (Fsp3) is 0.682. The van der Waals surface area contributed by atoms with Crippen LogP contribution in [0.2, 0.25) is 0 Å². The molecule has 2 fully saturated rings. The number of carboxylic acids is 1. The first-order chi connectivity index (χ1) is 12.0. The van der Waals surface area contributed by atoms with E-state index in [-0.39, 0.29) is 12.3 Å². The van der Waals surface area contributed by atoms with Crippen LogP contribution in [0.4, 0.5) is 0 Å². The maximum atomic E-state index is 10.6. The Morgan fingerprint density at radius 1 is 1.36 bits per heavy atom. The average Bonchev–Trinajstić information content (AvgIpc) is 3.14. The highest BCUT2D eigenvalue weighted by molar-refractivity contribution is 5.66. The lowest BCUT2D eigenvalue weighted by atomic mass is 9.90. The topological polar surface area (TPSA) is 57.5 Å². The van der Waals surface area contributed by atoms with Crippen LogP contribution in [0.15, 0.2) is 23.8 Å². The first-order valence-corrected chi connectivity index (χ1v) is 9.67. The minimum atomic E-state index is -0.704. The Balaban J connectivity index is 1.82. The van der Waals surface area contributed by atoms with E-state index in [4.69, 9.17) is 5.11 Å². The van der Waals surface area contributed by atoms with E-state index in [0.29, 0.717) is 11.8 Å². The Bertz CT molecular complexity index is 564. The molecular formula is C22H32O3. The van der Waals surface area contributed by atoms with Gasteiger partial charge in [0, 0.05) is 12.8 Å². The number of carboxylic acid groups (broad SMARTS) is 1. The Morgan fingerprint density at radius 3 is 2.88 bits per heavy atom. The van der Waals surface area contributed by atoms with Gasteiger partial charge in [-0.1, -0.05) is 30.7 Å². The summed E-state index contributed by atoms with van der Waals surface area (Å²) in [6, 6.07) is 0. The highest BCUT2D eigenvalue weighted by Gasteiger charge is 2.39. The fourth-order valence-electron chi connectivity index (χ4n) is 4.27. The molecule has 2 aliphatic rings. The summed E-state index contributed by atoms with van der Waals surface area (Å²) in [5.41, 5.74) is 1.52. The number of fused-ring (bicyclic) bond motifs is 1. The molecule has 0 aliphatic heterocycles. The lowest BCUT2D eigenvalue weighted by Crippen LogP contribution is -2.15. The molecule has 0 heterocycles. The zero-order valence-corrected chi connectivity index (χ0v) is 15.6. The molecule has 0 amide bonds. The van der Waals surface area contributed by atoms with Crippen molar-refractivity contribution in [2.45, 2.75) is 71.3 Å². The molecule has 138 valence electrons. The van der Waals surface area contributed by atoms with Crippen molar-refractivity contribution in [3.05, 3.63) is 23.8 Å². The second-order valence-corrected chi connectivity index (χ2v) is 7.71. The van der Waals surface area contributed by atoms with Crippen molar-refractivity contribution in [3.63, 3.8) is 0 Å². The summed E-state index contributed by atoms with van der Waals surface area (Å²) in [4.78, 5) is 10.6. The summed E-state index contributed by atoms with van der Waals surface area (Å²) in [5.74, 6) is 7.47. The minimum Gasteiger partial charge on any atom is -0.481 e. The number of rotatable bonds is 8. The second-order valence-electron chi connectivity index (χ2n) is 7.71. The quantitative estimate of drug-likeness (QED) is 0.385. The second kappa shape index (κ2) is 9.82. The number of aliphatic hydroxyl groups is 1. The van der Waals surface area contributed by atoms with E-state index < -0.39 is 12.1 Å². The van der Waals surface area contributed by atoms with E-state index in [9.17, 15) is 9.90 Å². The lowest BCUT2D eigenvalue weighted by molar-refractivity contribution is -0.137. The fourth-order valence-corrected chi connectivity index (χ4v) is 4.27. The predicted octanol–water partition coefficient (Wildman–Crippen LogP) is 4.57. The van der Waals surface area contributed by atoms with E-state index in [2.05, 4.69) is 24.0 Å². The molecule has 25 heavy (non-hydrogen) atoms. The van der Waals surface area contributed by atoms with Crippen molar-refractivity contribution >= 4 is 5.97 Å². The van der Waals surface area contributed by atoms with Gasteiger partial charge in [-0.25, -0.2) is 0 Å². The summed E-state index contributed by atoms with van der Waals surface area (Å²) in [5, 5.41) is 19.0. The molecule has 0 spiro atoms. The number of allylic oxidation sites excluding steroid dienone is 3. The summed E-state index contributed by atoms with van der Waals surface area (Å²) in [6.45, 7) is 3.88. The van der Waals surface area contributed by atoms with Crippen molar-refractivity contribution in [2.24, 2.45) is 23.7 Å². The van der Waals surface area contributed by atoms with Gasteiger partial charge < -0.3 is 10.2 Å². The maximum Gasteiger partial charge on any atom is 0.303 e. The third-order valence-electron chi connectivity index (χ3n) is 5.82. The van der Waals surface area contributed by atoms with Crippen molar-refractivity contribution in [2.75, 3.05) is 0 Å². The van der Waals surface area contributed by atoms with Gasteiger partial charge in [0.25, 0.3) is 0 Å². The molecule has 2 aliphatic carbocycles. The monoisotopic (exact) mass is 344 g/mol. The van der Waals surface area contributed by atoms with Crippen LogP contribution in [0.3, 0.4) is 0 Å². The molecule has 2 saturated carbocycles. The van der Waals surface area contributed by atoms with Gasteiger partial charge in [0.1, 0.15) is 0 Å². The first kappa shape index (κ1) is 19.8. The molecular weight excluding hydrogens is 312 g/mol. The molecule has 0 bridgehead atoms. The largest absolute Gasteiger partial charge is 0.481 e. The van der Waals surface area contributed by atoms with E-state index >= 15 is 0 Å². The number of unbranched alkanes of at least 4 members (excludes halogenated alkanes) is 1. The van der Waals surface area contributed by atoms with Crippen molar-refractivity contribution < 1.29 is 15.0 Å². The normalized spacial score (nSPS) is 29.4. The van der Waals surface area contributed by atoms with E-state index in [0.717, 1.165) is 31.6 Å². The van der Waals surface area contributed by atoms with Gasteiger partial charge in [0.05, 0.1) is 6.10 Å². The summed E-state index contributed by atoms with van der Waals surface area (Å²) in [6.07, 6.45) is 13.6. The van der Waals surface area contributed by atoms with Crippen LogP contribution in [0.5, 0.6) is 0 Å². The van der Waals surface area contributed by atoms with Crippen LogP contribution in [-0.2, 0) is 4.79 Å². The Hall–Kier alpha value is -1.53. The maximum absolute atomic E-state index is 10.6. The van der Waals surface area contributed by atoms with Gasteiger partial charge in [-0.15, -0.1) is 11.8 Å². The van der Waals surface area contributed by atoms with E-state index in [1.807, 2.05) is 19.9 Å². The highest BCUT2D eigenvalue weighted by atomic mass is 16.4. The molecule has 3 heteroatoms. The van der Waals surface area contributed by atoms with Crippen LogP contribution < -0.4 is 0 Å². The molecule has 0 radical (unpaired) electrons. The third-order valence-corrected chi connectivity index (χ3v) is 5.82. The molecule has 2 N–H and O–H groups in total. The molecule has 2 rings (SSSR count). The van der Waals surface area contributed by atoms with Gasteiger partial charge in [-0.3, -0.25) is 4.79 Å². The smallest absolute Gasteiger partial charge is 0.303 e. The Morgan fingerprint density at radius 2 is 2.16 bits per heavy atom. The molecule has 2 unspecified atom stereocenters. The molecule has 3 nitrogen and oxygen atoms in total. The SMILES string of the molecule is CC#CCC(C)[C@H](O)/C=C/[C@H]1CCC2C/C(=C\CCCC(=O)O)C[C@@H]21. The number of carbonyl (C=O) groups is 1. The van der Waals surface area contributed by atoms with Gasteiger partial charge in [-0.05, 0) is 69.1 Å². The Kier molecular flexibility index (Phi) is 7.78. The van der Waals surface area contributed by atoms with Gasteiger partial charge in [-0.2, -0.15) is 0 Å². The summed E-state index contributed by atoms with van der Waals surface area (Å²) < 4.78 is 0. The number of hydrogen-bond donors (Lipinski definition) is 2.